The molecule has 0 saturated carbocycles. The van der Waals surface area contributed by atoms with E-state index in [4.69, 9.17) is 4.98 Å². The number of carbonyl (C=O) groups excluding carboxylic acids is 1. The Bertz CT molecular complexity index is 1430. The molecule has 4 aromatic heterocycles. The highest BCUT2D eigenvalue weighted by molar-refractivity contribution is 7.19. The number of nitrogens with zero attached hydrogens (tertiary/aromatic N) is 7. The van der Waals surface area contributed by atoms with Crippen LogP contribution in [0.5, 0.6) is 0 Å². The molecule has 1 amide bonds. The summed E-state index contributed by atoms with van der Waals surface area (Å²) in [7, 11) is 1.93. The molecule has 0 aliphatic rings. The van der Waals surface area contributed by atoms with Crippen LogP contribution >= 0.6 is 11.3 Å². The Labute approximate surface area is 187 Å². The Balaban J connectivity index is 1.43. The summed E-state index contributed by atoms with van der Waals surface area (Å²) in [6, 6.07) is 11.8. The zero-order valence-electron chi connectivity index (χ0n) is 17.8. The molecule has 9 nitrogen and oxygen atoms in total. The summed E-state index contributed by atoms with van der Waals surface area (Å²) in [6.45, 7) is 3.83. The van der Waals surface area contributed by atoms with Crippen LogP contribution in [0.25, 0.3) is 27.7 Å². The van der Waals surface area contributed by atoms with E-state index < -0.39 is 0 Å². The van der Waals surface area contributed by atoms with Crippen molar-refractivity contribution in [3.8, 4) is 22.0 Å². The van der Waals surface area contributed by atoms with Crippen LogP contribution in [-0.2, 0) is 18.3 Å². The van der Waals surface area contributed by atoms with Crippen molar-refractivity contribution in [2.24, 2.45) is 7.05 Å². The van der Waals surface area contributed by atoms with Crippen molar-refractivity contribution >= 4 is 28.2 Å². The Hall–Kier alpha value is -3.92. The molecule has 0 atom stereocenters. The van der Waals surface area contributed by atoms with Gasteiger partial charge in [0, 0.05) is 36.4 Å². The molecule has 4 heterocycles. The highest BCUT2D eigenvalue weighted by atomic mass is 32.1. The Morgan fingerprint density at radius 3 is 2.69 bits per heavy atom. The zero-order chi connectivity index (χ0) is 22.2. The highest BCUT2D eigenvalue weighted by Crippen LogP contribution is 2.38. The van der Waals surface area contributed by atoms with Gasteiger partial charge in [0.1, 0.15) is 0 Å². The van der Waals surface area contributed by atoms with E-state index >= 15 is 0 Å². The lowest BCUT2D eigenvalue weighted by Crippen LogP contribution is -2.15. The largest absolute Gasteiger partial charge is 0.333 e. The number of thiazole rings is 1. The van der Waals surface area contributed by atoms with Crippen LogP contribution in [0.3, 0.4) is 0 Å². The van der Waals surface area contributed by atoms with Crippen LogP contribution in [0, 0.1) is 13.8 Å². The molecule has 0 unspecified atom stereocenters. The number of rotatable bonds is 5. The minimum Gasteiger partial charge on any atom is -0.333 e. The molecular formula is C22H20N8OS. The van der Waals surface area contributed by atoms with Gasteiger partial charge in [0.15, 0.2) is 16.8 Å². The topological polar surface area (TPSA) is 103 Å². The van der Waals surface area contributed by atoms with Gasteiger partial charge in [-0.05, 0) is 19.9 Å². The Morgan fingerprint density at radius 2 is 1.94 bits per heavy atom. The average molecular weight is 445 g/mol. The van der Waals surface area contributed by atoms with Gasteiger partial charge in [0.2, 0.25) is 5.91 Å². The maximum Gasteiger partial charge on any atom is 0.252 e. The van der Waals surface area contributed by atoms with Gasteiger partial charge < -0.3 is 9.88 Å². The second-order valence-corrected chi connectivity index (χ2v) is 8.43. The van der Waals surface area contributed by atoms with Crippen LogP contribution in [0.4, 0.5) is 5.13 Å². The zero-order valence-corrected chi connectivity index (χ0v) is 18.6. The summed E-state index contributed by atoms with van der Waals surface area (Å²) >= 11 is 1.39. The van der Waals surface area contributed by atoms with Crippen LogP contribution < -0.4 is 5.32 Å². The number of aryl methyl sites for hydroxylation is 3. The molecule has 0 aliphatic heterocycles. The number of nitrogens with one attached hydrogen (secondary N) is 1. The maximum absolute atomic E-state index is 12.7. The van der Waals surface area contributed by atoms with Crippen molar-refractivity contribution in [3.63, 3.8) is 0 Å². The lowest BCUT2D eigenvalue weighted by atomic mass is 10.1. The molecule has 0 aliphatic carbocycles. The first-order valence-corrected chi connectivity index (χ1v) is 10.8. The van der Waals surface area contributed by atoms with Crippen molar-refractivity contribution < 1.29 is 4.79 Å². The van der Waals surface area contributed by atoms with Crippen LogP contribution in [0.1, 0.15) is 17.2 Å². The van der Waals surface area contributed by atoms with Gasteiger partial charge in [-0.2, -0.15) is 4.98 Å². The first-order chi connectivity index (χ1) is 15.5. The van der Waals surface area contributed by atoms with Crippen LogP contribution in [0.15, 0.2) is 48.8 Å². The molecule has 160 valence electrons. The number of hydrogen-bond donors (Lipinski definition) is 1. The van der Waals surface area contributed by atoms with E-state index in [2.05, 4.69) is 25.4 Å². The predicted octanol–water partition coefficient (Wildman–Crippen LogP) is 3.45. The van der Waals surface area contributed by atoms with Gasteiger partial charge in [-0.25, -0.2) is 19.5 Å². The van der Waals surface area contributed by atoms with Gasteiger partial charge in [0.25, 0.3) is 5.78 Å². The van der Waals surface area contributed by atoms with Crippen molar-refractivity contribution in [2.75, 3.05) is 5.32 Å². The Morgan fingerprint density at radius 1 is 1.12 bits per heavy atom. The Kier molecular flexibility index (Phi) is 4.98. The molecule has 10 heteroatoms. The van der Waals surface area contributed by atoms with E-state index in [9.17, 15) is 4.79 Å². The fourth-order valence-electron chi connectivity index (χ4n) is 3.49. The molecule has 0 saturated heterocycles. The minimum atomic E-state index is -0.241. The number of imidazole rings is 1. The number of aromatic nitrogens is 7. The van der Waals surface area contributed by atoms with Crippen LogP contribution in [0.2, 0.25) is 0 Å². The molecule has 1 N–H and O–H groups in total. The van der Waals surface area contributed by atoms with E-state index in [0.29, 0.717) is 16.7 Å². The predicted molar refractivity (Wildman–Crippen MR) is 122 cm³/mol. The van der Waals surface area contributed by atoms with Gasteiger partial charge in [-0.1, -0.05) is 41.7 Å². The van der Waals surface area contributed by atoms with Crippen molar-refractivity contribution in [3.05, 3.63) is 66.0 Å². The summed E-state index contributed by atoms with van der Waals surface area (Å²) in [5.41, 5.74) is 3.51. The molecule has 32 heavy (non-hydrogen) atoms. The molecule has 0 bridgehead atoms. The van der Waals surface area contributed by atoms with E-state index in [1.165, 1.54) is 11.3 Å². The quantitative estimate of drug-likeness (QED) is 0.445. The summed E-state index contributed by atoms with van der Waals surface area (Å²) in [4.78, 5) is 31.6. The molecule has 0 spiro atoms. The standard InChI is InChI=1S/C22H20N8OS/c1-13-11-14(2)30-21(24-13)25-16(28-30)12-17(31)26-22-27-18(15-7-5-4-6-8-15)19(32-22)20-23-9-10-29(20)3/h4-11H,12H2,1-3H3,(H,26,27,31). The van der Waals surface area contributed by atoms with Gasteiger partial charge in [0.05, 0.1) is 17.0 Å². The number of amides is 1. The van der Waals surface area contributed by atoms with Gasteiger partial charge >= 0.3 is 0 Å². The summed E-state index contributed by atoms with van der Waals surface area (Å²) in [5, 5.41) is 7.80. The molecule has 1 aromatic carbocycles. The third-order valence-corrected chi connectivity index (χ3v) is 5.89. The fraction of sp³-hybridized carbons (Fsp3) is 0.182. The van der Waals surface area contributed by atoms with Crippen molar-refractivity contribution in [1.82, 2.24) is 34.1 Å². The third-order valence-electron chi connectivity index (χ3n) is 4.93. The first kappa shape index (κ1) is 20.0. The van der Waals surface area contributed by atoms with Gasteiger partial charge in [-0.3, -0.25) is 4.79 Å². The normalized spacial score (nSPS) is 11.2. The molecule has 5 aromatic rings. The number of anilines is 1. The van der Waals surface area contributed by atoms with E-state index in [1.807, 2.05) is 68.1 Å². The lowest BCUT2D eigenvalue weighted by molar-refractivity contribution is -0.115. The molecule has 0 radical (unpaired) electrons. The number of carbonyl (C=O) groups is 1. The molecule has 5 rings (SSSR count). The second kappa shape index (κ2) is 7.97. The maximum atomic E-state index is 12.7. The van der Waals surface area contributed by atoms with E-state index in [0.717, 1.165) is 33.3 Å². The van der Waals surface area contributed by atoms with E-state index in [1.54, 1.807) is 10.7 Å². The second-order valence-electron chi connectivity index (χ2n) is 7.43. The molecular weight excluding hydrogens is 424 g/mol. The summed E-state index contributed by atoms with van der Waals surface area (Å²) < 4.78 is 3.58. The van der Waals surface area contributed by atoms with Gasteiger partial charge in [-0.15, -0.1) is 5.10 Å². The minimum absolute atomic E-state index is 0.0276. The summed E-state index contributed by atoms with van der Waals surface area (Å²) in [6.07, 6.45) is 3.66. The first-order valence-electron chi connectivity index (χ1n) is 10.0. The fourth-order valence-corrected chi connectivity index (χ4v) is 4.53. The third kappa shape index (κ3) is 3.76. The SMILES string of the molecule is Cc1cc(C)n2nc(CC(=O)Nc3nc(-c4ccccc4)c(-c4nccn4C)s3)nc2n1. The average Bonchev–Trinajstić information content (AvgIpc) is 3.46. The number of fused-ring (bicyclic) bond motifs is 1. The monoisotopic (exact) mass is 444 g/mol. The van der Waals surface area contributed by atoms with E-state index in [-0.39, 0.29) is 12.3 Å². The smallest absolute Gasteiger partial charge is 0.252 e. The van der Waals surface area contributed by atoms with Crippen molar-refractivity contribution in [1.29, 1.82) is 0 Å². The summed E-state index contributed by atoms with van der Waals surface area (Å²) in [5.74, 6) is 1.45. The number of hydrogen-bond acceptors (Lipinski definition) is 7. The van der Waals surface area contributed by atoms with Crippen LogP contribution in [-0.4, -0.2) is 40.0 Å². The molecule has 0 fully saturated rings. The lowest BCUT2D eigenvalue weighted by Gasteiger charge is -2.02. The number of benzene rings is 1. The highest BCUT2D eigenvalue weighted by Gasteiger charge is 2.20. The van der Waals surface area contributed by atoms with Crippen molar-refractivity contribution in [2.45, 2.75) is 20.3 Å².